The molecule has 7 heteroatoms. The van der Waals surface area contributed by atoms with Crippen molar-refractivity contribution in [1.82, 2.24) is 5.32 Å². The van der Waals surface area contributed by atoms with Crippen LogP contribution in [0.4, 0.5) is 10.5 Å². The minimum atomic E-state index is -0.881. The number of phenolic OH excluding ortho intramolecular Hbond substituents is 1. The van der Waals surface area contributed by atoms with Crippen LogP contribution >= 0.6 is 11.6 Å². The Morgan fingerprint density at radius 2 is 1.92 bits per heavy atom. The lowest BCUT2D eigenvalue weighted by atomic mass is 9.94. The number of methoxy groups -OCH3 is 1. The number of carbonyl (C=O) groups is 2. The van der Waals surface area contributed by atoms with Gasteiger partial charge in [-0.2, -0.15) is 0 Å². The van der Waals surface area contributed by atoms with Gasteiger partial charge in [-0.15, -0.1) is 0 Å². The summed E-state index contributed by atoms with van der Waals surface area (Å²) in [5.74, 6) is -0.685. The first-order valence-corrected chi connectivity index (χ1v) is 8.25. The second kappa shape index (κ2) is 7.09. The van der Waals surface area contributed by atoms with E-state index < -0.39 is 18.0 Å². The van der Waals surface area contributed by atoms with Gasteiger partial charge in [0.25, 0.3) is 0 Å². The van der Waals surface area contributed by atoms with E-state index in [9.17, 15) is 14.7 Å². The average molecular weight is 373 g/mol. The van der Waals surface area contributed by atoms with Gasteiger partial charge in [0.15, 0.2) is 0 Å². The number of amides is 2. The Kier molecular flexibility index (Phi) is 4.86. The van der Waals surface area contributed by atoms with E-state index >= 15 is 0 Å². The Morgan fingerprint density at radius 1 is 1.23 bits per heavy atom. The lowest BCUT2D eigenvalue weighted by Crippen LogP contribution is -2.48. The molecule has 0 bridgehead atoms. The van der Waals surface area contributed by atoms with Crippen LogP contribution in [-0.2, 0) is 9.53 Å². The van der Waals surface area contributed by atoms with E-state index in [-0.39, 0.29) is 11.3 Å². The lowest BCUT2D eigenvalue weighted by molar-refractivity contribution is -0.136. The third-order valence-corrected chi connectivity index (χ3v) is 4.44. The quantitative estimate of drug-likeness (QED) is 0.804. The molecule has 1 unspecified atom stereocenters. The molecule has 0 aliphatic carbocycles. The number of esters is 1. The summed E-state index contributed by atoms with van der Waals surface area (Å²) in [5, 5.41) is 13.3. The van der Waals surface area contributed by atoms with Crippen LogP contribution in [0.15, 0.2) is 59.8 Å². The van der Waals surface area contributed by atoms with Gasteiger partial charge in [-0.1, -0.05) is 29.8 Å². The van der Waals surface area contributed by atoms with E-state index in [4.69, 9.17) is 16.3 Å². The largest absolute Gasteiger partial charge is 0.508 e. The van der Waals surface area contributed by atoms with Gasteiger partial charge in [0.2, 0.25) is 0 Å². The number of nitrogens with zero attached hydrogens (tertiary/aromatic N) is 1. The van der Waals surface area contributed by atoms with Gasteiger partial charge in [0, 0.05) is 16.3 Å². The minimum absolute atomic E-state index is 0.0814. The second-order valence-electron chi connectivity index (χ2n) is 5.75. The Bertz CT molecular complexity index is 896. The smallest absolute Gasteiger partial charge is 0.337 e. The standard InChI is InChI=1S/C19H17ClN2O4/c1-11-16(18(24)26-2)17(14-10-12(20)8-9-15(14)23)21-19(25)22(11)13-6-4-3-5-7-13/h3-10,17,23H,1-2H3,(H,21,25). The number of rotatable bonds is 3. The summed E-state index contributed by atoms with van der Waals surface area (Å²) in [6, 6.07) is 12.1. The fourth-order valence-electron chi connectivity index (χ4n) is 3.00. The molecule has 0 fully saturated rings. The first-order chi connectivity index (χ1) is 12.4. The average Bonchev–Trinajstić information content (AvgIpc) is 2.63. The summed E-state index contributed by atoms with van der Waals surface area (Å²) in [5.41, 5.74) is 1.56. The maximum atomic E-state index is 12.8. The van der Waals surface area contributed by atoms with Crippen LogP contribution < -0.4 is 10.2 Å². The number of hydrogen-bond acceptors (Lipinski definition) is 4. The number of anilines is 1. The molecule has 2 N–H and O–H groups in total. The predicted octanol–water partition coefficient (Wildman–Crippen LogP) is 3.76. The van der Waals surface area contributed by atoms with Crippen molar-refractivity contribution in [2.75, 3.05) is 12.0 Å². The van der Waals surface area contributed by atoms with Crippen LogP contribution in [0.2, 0.25) is 5.02 Å². The first-order valence-electron chi connectivity index (χ1n) is 7.87. The third kappa shape index (κ3) is 3.11. The molecular formula is C19H17ClN2O4. The molecule has 26 heavy (non-hydrogen) atoms. The molecule has 134 valence electrons. The number of phenols is 1. The van der Waals surface area contributed by atoms with Gasteiger partial charge < -0.3 is 15.2 Å². The summed E-state index contributed by atoms with van der Waals surface area (Å²) in [7, 11) is 1.26. The molecule has 2 amide bonds. The number of ether oxygens (including phenoxy) is 1. The topological polar surface area (TPSA) is 78.9 Å². The van der Waals surface area contributed by atoms with Crippen LogP contribution in [0.5, 0.6) is 5.75 Å². The Balaban J connectivity index is 2.18. The fourth-order valence-corrected chi connectivity index (χ4v) is 3.18. The molecule has 0 radical (unpaired) electrons. The summed E-state index contributed by atoms with van der Waals surface area (Å²) in [6.07, 6.45) is 0. The van der Waals surface area contributed by atoms with E-state index in [2.05, 4.69) is 5.32 Å². The molecule has 3 rings (SSSR count). The van der Waals surface area contributed by atoms with Crippen molar-refractivity contribution >= 4 is 29.3 Å². The van der Waals surface area contributed by atoms with Crippen molar-refractivity contribution in [3.63, 3.8) is 0 Å². The molecule has 1 aliphatic heterocycles. The van der Waals surface area contributed by atoms with Crippen molar-refractivity contribution in [2.24, 2.45) is 0 Å². The minimum Gasteiger partial charge on any atom is -0.508 e. The number of carbonyl (C=O) groups excluding carboxylic acids is 2. The monoisotopic (exact) mass is 372 g/mol. The van der Waals surface area contributed by atoms with Crippen molar-refractivity contribution in [1.29, 1.82) is 0 Å². The van der Waals surface area contributed by atoms with Crippen LogP contribution in [0.25, 0.3) is 0 Å². The van der Waals surface area contributed by atoms with E-state index in [0.29, 0.717) is 22.0 Å². The maximum absolute atomic E-state index is 12.8. The van der Waals surface area contributed by atoms with Crippen LogP contribution in [0, 0.1) is 0 Å². The van der Waals surface area contributed by atoms with Gasteiger partial charge in [0.05, 0.1) is 24.4 Å². The van der Waals surface area contributed by atoms with Gasteiger partial charge in [-0.05, 0) is 37.3 Å². The zero-order chi connectivity index (χ0) is 18.8. The van der Waals surface area contributed by atoms with Crippen LogP contribution in [-0.4, -0.2) is 24.2 Å². The maximum Gasteiger partial charge on any atom is 0.337 e. The number of benzene rings is 2. The highest BCUT2D eigenvalue weighted by atomic mass is 35.5. The normalized spacial score (nSPS) is 17.1. The number of hydrogen-bond donors (Lipinski definition) is 2. The molecule has 0 aromatic heterocycles. The molecule has 1 atom stereocenters. The van der Waals surface area contributed by atoms with Crippen LogP contribution in [0.3, 0.4) is 0 Å². The number of urea groups is 1. The van der Waals surface area contributed by atoms with E-state index in [0.717, 1.165) is 0 Å². The molecule has 0 saturated heterocycles. The van der Waals surface area contributed by atoms with Crippen molar-refractivity contribution < 1.29 is 19.4 Å². The molecule has 6 nitrogen and oxygen atoms in total. The summed E-state index contributed by atoms with van der Waals surface area (Å²) >= 11 is 6.03. The number of allylic oxidation sites excluding steroid dienone is 1. The highest BCUT2D eigenvalue weighted by Crippen LogP contribution is 2.38. The molecule has 1 aliphatic rings. The molecule has 2 aromatic rings. The first kappa shape index (κ1) is 17.8. The number of nitrogens with one attached hydrogen (secondary N) is 1. The highest BCUT2D eigenvalue weighted by Gasteiger charge is 2.38. The lowest BCUT2D eigenvalue weighted by Gasteiger charge is -2.35. The van der Waals surface area contributed by atoms with E-state index in [1.807, 2.05) is 6.07 Å². The van der Waals surface area contributed by atoms with E-state index in [1.165, 1.54) is 30.2 Å². The summed E-state index contributed by atoms with van der Waals surface area (Å²) in [4.78, 5) is 26.6. The van der Waals surface area contributed by atoms with E-state index in [1.54, 1.807) is 31.2 Å². The number of para-hydroxylation sites is 1. The SMILES string of the molecule is COC(=O)C1=C(C)N(c2ccccc2)C(=O)NC1c1cc(Cl)ccc1O. The molecule has 2 aromatic carbocycles. The molecule has 0 spiro atoms. The molecule has 1 heterocycles. The molecule has 0 saturated carbocycles. The summed E-state index contributed by atoms with van der Waals surface area (Å²) in [6.45, 7) is 1.66. The Labute approximate surface area is 155 Å². The van der Waals surface area contributed by atoms with Gasteiger partial charge in [-0.25, -0.2) is 9.59 Å². The number of halogens is 1. The zero-order valence-corrected chi connectivity index (χ0v) is 14.9. The Hall–Kier alpha value is -2.99. The van der Waals surface area contributed by atoms with Gasteiger partial charge in [-0.3, -0.25) is 4.90 Å². The Morgan fingerprint density at radius 3 is 2.58 bits per heavy atom. The predicted molar refractivity (Wildman–Crippen MR) is 98.0 cm³/mol. The summed E-state index contributed by atoms with van der Waals surface area (Å²) < 4.78 is 4.91. The molecular weight excluding hydrogens is 356 g/mol. The van der Waals surface area contributed by atoms with Crippen molar-refractivity contribution in [2.45, 2.75) is 13.0 Å². The van der Waals surface area contributed by atoms with Crippen molar-refractivity contribution in [3.05, 3.63) is 70.4 Å². The van der Waals surface area contributed by atoms with Gasteiger partial charge in [0.1, 0.15) is 5.75 Å². The highest BCUT2D eigenvalue weighted by molar-refractivity contribution is 6.30. The van der Waals surface area contributed by atoms with Crippen LogP contribution in [0.1, 0.15) is 18.5 Å². The van der Waals surface area contributed by atoms with Gasteiger partial charge >= 0.3 is 12.0 Å². The fraction of sp³-hybridized carbons (Fsp3) is 0.158. The number of aromatic hydroxyl groups is 1. The zero-order valence-electron chi connectivity index (χ0n) is 14.2. The third-order valence-electron chi connectivity index (χ3n) is 4.21. The van der Waals surface area contributed by atoms with Crippen molar-refractivity contribution in [3.8, 4) is 5.75 Å². The second-order valence-corrected chi connectivity index (χ2v) is 6.18.